The number of aldehydes is 1. The Labute approximate surface area is 177 Å². The van der Waals surface area contributed by atoms with Gasteiger partial charge in [-0.15, -0.1) is 0 Å². The van der Waals surface area contributed by atoms with E-state index in [-0.39, 0.29) is 34.4 Å². The van der Waals surface area contributed by atoms with Crippen LogP contribution in [0.15, 0.2) is 23.3 Å². The zero-order valence-electron chi connectivity index (χ0n) is 17.7. The third-order valence-corrected chi connectivity index (χ3v) is 6.17. The van der Waals surface area contributed by atoms with E-state index >= 15 is 0 Å². The van der Waals surface area contributed by atoms with E-state index in [0.29, 0.717) is 18.3 Å². The van der Waals surface area contributed by atoms with Crippen molar-refractivity contribution >= 4 is 17.9 Å². The maximum absolute atomic E-state index is 12.3. The topological polar surface area (TPSA) is 89.8 Å². The van der Waals surface area contributed by atoms with Gasteiger partial charge in [-0.2, -0.15) is 0 Å². The number of benzene rings is 1. The van der Waals surface area contributed by atoms with Gasteiger partial charge < -0.3 is 20.1 Å². The van der Waals surface area contributed by atoms with E-state index in [4.69, 9.17) is 16.3 Å². The molecular weight excluding hydrogens is 392 g/mol. The van der Waals surface area contributed by atoms with Crippen molar-refractivity contribution in [1.29, 1.82) is 0 Å². The van der Waals surface area contributed by atoms with Crippen molar-refractivity contribution in [2.45, 2.75) is 78.1 Å². The minimum atomic E-state index is -0.524. The number of ether oxygens (including phenoxy) is 1. The molecule has 0 bridgehead atoms. The molecule has 0 aromatic heterocycles. The lowest BCUT2D eigenvalue weighted by molar-refractivity contribution is -0.269. The zero-order valence-corrected chi connectivity index (χ0v) is 18.5. The molecule has 1 aromatic rings. The van der Waals surface area contributed by atoms with Crippen molar-refractivity contribution in [3.05, 3.63) is 45.0 Å². The van der Waals surface area contributed by atoms with Gasteiger partial charge in [0.15, 0.2) is 6.29 Å². The molecule has 29 heavy (non-hydrogen) atoms. The van der Waals surface area contributed by atoms with E-state index in [1.807, 2.05) is 33.8 Å². The van der Waals surface area contributed by atoms with Gasteiger partial charge in [-0.25, -0.2) is 0 Å². The molecule has 0 spiro atoms. The van der Waals surface area contributed by atoms with Crippen molar-refractivity contribution in [2.75, 3.05) is 0 Å². The number of hydrogen-bond acceptors (Lipinski definition) is 5. The number of aliphatic hydroxyl groups excluding tert-OH is 1. The lowest BCUT2D eigenvalue weighted by Crippen LogP contribution is -2.31. The van der Waals surface area contributed by atoms with Crippen LogP contribution in [0.1, 0.15) is 68.4 Å². The smallest absolute Gasteiger partial charge is 0.154 e. The highest BCUT2D eigenvalue weighted by Crippen LogP contribution is 2.39. The minimum absolute atomic E-state index is 0.0220. The van der Waals surface area contributed by atoms with Gasteiger partial charge in [-0.3, -0.25) is 4.79 Å². The predicted molar refractivity (Wildman–Crippen MR) is 113 cm³/mol. The van der Waals surface area contributed by atoms with Gasteiger partial charge in [0.2, 0.25) is 0 Å². The Morgan fingerprint density at radius 1 is 1.34 bits per heavy atom. The van der Waals surface area contributed by atoms with Crippen LogP contribution in [-0.4, -0.2) is 34.3 Å². The molecular formula is C23H30ClO5-. The molecule has 0 radical (unpaired) electrons. The van der Waals surface area contributed by atoms with E-state index in [1.165, 1.54) is 0 Å². The zero-order chi connectivity index (χ0) is 21.9. The highest BCUT2D eigenvalue weighted by Gasteiger charge is 2.40. The molecule has 0 amide bonds. The summed E-state index contributed by atoms with van der Waals surface area (Å²) in [6.07, 6.45) is 6.37. The normalized spacial score (nSPS) is 22.2. The van der Waals surface area contributed by atoms with Crippen molar-refractivity contribution in [3.8, 4) is 11.5 Å². The fraction of sp³-hybridized carbons (Fsp3) is 0.522. The Bertz CT molecular complexity index is 838. The van der Waals surface area contributed by atoms with Crippen molar-refractivity contribution in [1.82, 2.24) is 0 Å². The van der Waals surface area contributed by atoms with Gasteiger partial charge in [0.05, 0.1) is 23.4 Å². The fourth-order valence-electron chi connectivity index (χ4n) is 3.50. The highest BCUT2D eigenvalue weighted by molar-refractivity contribution is 6.33. The molecule has 0 saturated carbocycles. The number of hydrogen-bond donors (Lipinski definition) is 2. The summed E-state index contributed by atoms with van der Waals surface area (Å²) in [6, 6.07) is 0. The second-order valence-electron chi connectivity index (χ2n) is 8.33. The van der Waals surface area contributed by atoms with Crippen LogP contribution in [-0.2, 0) is 11.2 Å². The number of phenolic OH excluding ortho intramolecular Hbond substituents is 1. The number of allylic oxidation sites excluding steroid dienone is 3. The second kappa shape index (κ2) is 9.33. The molecule has 1 saturated heterocycles. The Hall–Kier alpha value is -1.82. The van der Waals surface area contributed by atoms with E-state index in [1.54, 1.807) is 6.92 Å². The molecule has 1 aromatic carbocycles. The van der Waals surface area contributed by atoms with Gasteiger partial charge in [0.1, 0.15) is 5.75 Å². The summed E-state index contributed by atoms with van der Waals surface area (Å²) in [4.78, 5) is 11.2. The quantitative estimate of drug-likeness (QED) is 0.503. The Morgan fingerprint density at radius 3 is 2.55 bits per heavy atom. The van der Waals surface area contributed by atoms with E-state index < -0.39 is 17.5 Å². The Balaban J connectivity index is 2.02. The first-order valence-electron chi connectivity index (χ1n) is 9.83. The number of aliphatic hydroxyl groups is 1. The first kappa shape index (κ1) is 23.5. The van der Waals surface area contributed by atoms with E-state index in [0.717, 1.165) is 24.0 Å². The molecule has 2 rings (SSSR count). The molecule has 1 fully saturated rings. The van der Waals surface area contributed by atoms with Gasteiger partial charge in [-0.05, 0) is 70.6 Å². The molecule has 0 unspecified atom stereocenters. The Morgan fingerprint density at radius 2 is 2.00 bits per heavy atom. The lowest BCUT2D eigenvalue weighted by atomic mass is 9.98. The van der Waals surface area contributed by atoms with Crippen molar-refractivity contribution < 1.29 is 24.9 Å². The molecule has 1 aliphatic heterocycles. The average Bonchev–Trinajstić information content (AvgIpc) is 2.93. The van der Waals surface area contributed by atoms with Crippen LogP contribution in [0.3, 0.4) is 0 Å². The van der Waals surface area contributed by atoms with E-state index in [9.17, 15) is 20.1 Å². The van der Waals surface area contributed by atoms with Gasteiger partial charge >= 0.3 is 0 Å². The largest absolute Gasteiger partial charge is 0.871 e. The molecule has 6 heteroatoms. The summed E-state index contributed by atoms with van der Waals surface area (Å²) >= 11 is 6.02. The minimum Gasteiger partial charge on any atom is -0.871 e. The molecule has 2 N–H and O–H groups in total. The molecule has 1 heterocycles. The Kier molecular flexibility index (Phi) is 7.55. The van der Waals surface area contributed by atoms with Gasteiger partial charge in [-0.1, -0.05) is 35.1 Å². The molecule has 5 nitrogen and oxygen atoms in total. The van der Waals surface area contributed by atoms with Crippen LogP contribution in [0.2, 0.25) is 5.02 Å². The van der Waals surface area contributed by atoms with Crippen molar-refractivity contribution in [3.63, 3.8) is 0 Å². The summed E-state index contributed by atoms with van der Waals surface area (Å²) < 4.78 is 5.92. The van der Waals surface area contributed by atoms with Gasteiger partial charge in [0.25, 0.3) is 0 Å². The van der Waals surface area contributed by atoms with Gasteiger partial charge in [0, 0.05) is 11.4 Å². The average molecular weight is 422 g/mol. The lowest BCUT2D eigenvalue weighted by Gasteiger charge is -2.22. The summed E-state index contributed by atoms with van der Waals surface area (Å²) in [6.45, 7) is 9.30. The molecule has 160 valence electrons. The first-order valence-corrected chi connectivity index (χ1v) is 10.2. The summed E-state index contributed by atoms with van der Waals surface area (Å²) in [5.41, 5.74) is 2.15. The third kappa shape index (κ3) is 5.21. The number of halogens is 1. The molecule has 2 atom stereocenters. The fourth-order valence-corrected chi connectivity index (χ4v) is 3.71. The van der Waals surface area contributed by atoms with Crippen LogP contribution in [0, 0.1) is 6.92 Å². The molecule has 0 aliphatic carbocycles. The highest BCUT2D eigenvalue weighted by atomic mass is 35.5. The number of phenols is 1. The number of carbonyl (C=O) groups excluding carboxylic acids is 1. The number of rotatable bonds is 7. The van der Waals surface area contributed by atoms with Crippen LogP contribution < -0.4 is 5.11 Å². The maximum atomic E-state index is 12.3. The first-order chi connectivity index (χ1) is 13.5. The predicted octanol–water partition coefficient (Wildman–Crippen LogP) is 4.38. The summed E-state index contributed by atoms with van der Waals surface area (Å²) in [7, 11) is 0. The standard InChI is InChI=1S/C23H31ClO5/c1-13(7-6-8-14(2)18-11-19(26)23(4,5)29-18)9-10-16-21(27)17(12-25)15(3)20(24)22(16)28/h8-9,12,18-19,26-28H,6-7,10-11H2,1-5H3/p-1/b13-9+,14-8+/t18-,19-/m0/s1. The molecule has 1 aliphatic rings. The number of aromatic hydroxyl groups is 1. The third-order valence-electron chi connectivity index (χ3n) is 5.72. The van der Waals surface area contributed by atoms with Crippen LogP contribution in [0.25, 0.3) is 0 Å². The van der Waals surface area contributed by atoms with Crippen LogP contribution >= 0.6 is 11.6 Å². The second-order valence-corrected chi connectivity index (χ2v) is 8.71. The summed E-state index contributed by atoms with van der Waals surface area (Å²) in [5.74, 6) is -0.724. The van der Waals surface area contributed by atoms with Crippen LogP contribution in [0.5, 0.6) is 11.5 Å². The monoisotopic (exact) mass is 421 g/mol. The SMILES string of the molecule is C/C(=C\Cc1c([O-])c(Cl)c(C)c(C=O)c1O)CC/C=C(\C)[C@@H]1C[C@H](O)C(C)(C)O1. The van der Waals surface area contributed by atoms with Crippen LogP contribution in [0.4, 0.5) is 0 Å². The van der Waals surface area contributed by atoms with E-state index in [2.05, 4.69) is 6.08 Å². The maximum Gasteiger partial charge on any atom is 0.154 e. The number of carbonyl (C=O) groups is 1. The summed E-state index contributed by atoms with van der Waals surface area (Å²) in [5, 5.41) is 32.6. The van der Waals surface area contributed by atoms with Crippen molar-refractivity contribution in [2.24, 2.45) is 0 Å².